The fourth-order valence-corrected chi connectivity index (χ4v) is 9.72. The van der Waals surface area contributed by atoms with Gasteiger partial charge in [0.05, 0.1) is 58.2 Å². The number of aromatic nitrogens is 2. The molecule has 9 aromatic carbocycles. The monoisotopic (exact) mass is 776 g/mol. The summed E-state index contributed by atoms with van der Waals surface area (Å²) < 4.78 is 92.9. The van der Waals surface area contributed by atoms with Crippen LogP contribution in [0.15, 0.2) is 194 Å². The van der Waals surface area contributed by atoms with Crippen LogP contribution < -0.4 is 9.80 Å². The van der Waals surface area contributed by atoms with Gasteiger partial charge in [-0.2, -0.15) is 0 Å². The molecule has 0 amide bonds. The van der Waals surface area contributed by atoms with Crippen LogP contribution in [0.1, 0.15) is 24.8 Å². The molecule has 0 atom stereocenters. The second-order valence-corrected chi connectivity index (χ2v) is 15.6. The van der Waals surface area contributed by atoms with Crippen molar-refractivity contribution >= 4 is 110 Å². The molecule has 0 aliphatic carbocycles. The zero-order valence-electron chi connectivity index (χ0n) is 42.5. The number of hydrogen-bond donors (Lipinski definition) is 0. The second kappa shape index (κ2) is 12.3. The van der Waals surface area contributed by atoms with Gasteiger partial charge in [-0.25, -0.2) is 0 Å². The summed E-state index contributed by atoms with van der Waals surface area (Å²) >= 11 is 0. The fraction of sp³-hybridized carbons (Fsp3) is 0.0357. The number of nitrogens with zero attached hydrogens (tertiary/aromatic N) is 4. The molecule has 0 spiro atoms. The molecule has 0 unspecified atom stereocenters. The second-order valence-electron chi connectivity index (χ2n) is 15.6. The average Bonchev–Trinajstić information content (AvgIpc) is 4.10. The van der Waals surface area contributed by atoms with Crippen LogP contribution in [0.5, 0.6) is 0 Å². The molecule has 0 fully saturated rings. The van der Waals surface area contributed by atoms with Gasteiger partial charge in [0, 0.05) is 65.8 Å². The number of benzene rings is 9. The average molecular weight is 777 g/mol. The van der Waals surface area contributed by atoms with E-state index in [0.29, 0.717) is 22.7 Å². The van der Waals surface area contributed by atoms with Crippen LogP contribution in [0, 0.1) is 13.8 Å². The van der Waals surface area contributed by atoms with Crippen LogP contribution >= 0.6 is 0 Å². The third-order valence-electron chi connectivity index (χ3n) is 12.3. The molecular weight excluding hydrogens is 729 g/mol. The van der Waals surface area contributed by atoms with Gasteiger partial charge in [0.2, 0.25) is 0 Å². The largest absolute Gasteiger partial charge is 0.310 e. The minimum absolute atomic E-state index is 0.0588. The normalized spacial score (nSPS) is 14.5. The molecule has 0 saturated carbocycles. The summed E-state index contributed by atoms with van der Waals surface area (Å²) in [5.41, 5.74) is 10.5. The number of anilines is 6. The molecule has 4 heterocycles. The van der Waals surface area contributed by atoms with Gasteiger partial charge in [0.15, 0.2) is 0 Å². The Morgan fingerprint density at radius 1 is 0.367 bits per heavy atom. The maximum absolute atomic E-state index is 9.18. The highest BCUT2D eigenvalue weighted by atomic mass is 15.2. The lowest BCUT2D eigenvalue weighted by atomic mass is 10.0. The standard InChI is InChI=1S/C56H38N4/c1-35-21-25-39(26-22-35)57(37-13-5-3-6-14-37)49-31-29-41-45-33-52-46(34-51(45)59-47-19-11-9-17-43(47)53(49)55(41)59)42-30-32-50(54-44-18-10-12-20-48(44)60(52)56(42)54)58(38-15-7-4-8-16-38)40-27-23-36(2)24-28-40/h3-34H,1-2H3/i3D,4D,5D,6D,7D,8D,13D,14D,15D,16D. The molecule has 0 N–H and O–H groups in total. The third kappa shape index (κ3) is 4.50. The van der Waals surface area contributed by atoms with Gasteiger partial charge in [-0.05, 0) is 98.7 Å². The van der Waals surface area contributed by atoms with Crippen molar-refractivity contribution in [1.29, 1.82) is 0 Å². The molecule has 0 radical (unpaired) electrons. The van der Waals surface area contributed by atoms with E-state index in [1.165, 1.54) is 0 Å². The van der Waals surface area contributed by atoms with Crippen LogP contribution in [-0.4, -0.2) is 8.80 Å². The Labute approximate surface area is 360 Å². The molecular formula is C56H38N4. The van der Waals surface area contributed by atoms with Crippen molar-refractivity contribution in [2.75, 3.05) is 9.80 Å². The predicted molar refractivity (Wildman–Crippen MR) is 255 cm³/mol. The van der Waals surface area contributed by atoms with E-state index in [1.54, 1.807) is 9.80 Å². The number of fused-ring (bicyclic) bond motifs is 12. The minimum atomic E-state index is -0.454. The van der Waals surface area contributed by atoms with Crippen LogP contribution in [0.2, 0.25) is 0 Å². The van der Waals surface area contributed by atoms with Crippen molar-refractivity contribution in [2.24, 2.45) is 0 Å². The van der Waals surface area contributed by atoms with Crippen LogP contribution in [0.3, 0.4) is 0 Å². The van der Waals surface area contributed by atoms with Gasteiger partial charge in [0.25, 0.3) is 0 Å². The Kier molecular flexibility index (Phi) is 5.11. The van der Waals surface area contributed by atoms with E-state index >= 15 is 0 Å². The zero-order valence-corrected chi connectivity index (χ0v) is 32.5. The van der Waals surface area contributed by atoms with E-state index in [9.17, 15) is 5.48 Å². The lowest BCUT2D eigenvalue weighted by Crippen LogP contribution is -2.10. The van der Waals surface area contributed by atoms with Gasteiger partial charge >= 0.3 is 0 Å². The first-order valence-corrected chi connectivity index (χ1v) is 20.0. The van der Waals surface area contributed by atoms with Gasteiger partial charge in [-0.3, -0.25) is 0 Å². The van der Waals surface area contributed by atoms with Crippen molar-refractivity contribution in [1.82, 2.24) is 8.80 Å². The summed E-state index contributed by atoms with van der Waals surface area (Å²) in [5, 5.41) is 7.59. The van der Waals surface area contributed by atoms with Crippen molar-refractivity contribution in [3.8, 4) is 0 Å². The van der Waals surface area contributed by atoms with Crippen LogP contribution in [-0.2, 0) is 0 Å². The van der Waals surface area contributed by atoms with E-state index in [1.807, 2.05) is 98.8 Å². The first kappa shape index (κ1) is 24.8. The summed E-state index contributed by atoms with van der Waals surface area (Å²) in [4.78, 5) is 3.61. The molecule has 0 aliphatic heterocycles. The lowest BCUT2D eigenvalue weighted by molar-refractivity contribution is 1.29. The van der Waals surface area contributed by atoms with Gasteiger partial charge in [0.1, 0.15) is 0 Å². The van der Waals surface area contributed by atoms with E-state index in [-0.39, 0.29) is 35.5 Å². The summed E-state index contributed by atoms with van der Waals surface area (Å²) in [6, 6.07) is 40.7. The molecule has 4 heteroatoms. The highest BCUT2D eigenvalue weighted by molar-refractivity contribution is 6.32. The number of para-hydroxylation sites is 4. The number of rotatable bonds is 6. The van der Waals surface area contributed by atoms with Crippen LogP contribution in [0.25, 0.3) is 76.2 Å². The Morgan fingerprint density at radius 2 is 0.767 bits per heavy atom. The maximum atomic E-state index is 9.18. The highest BCUT2D eigenvalue weighted by Gasteiger charge is 2.27. The third-order valence-corrected chi connectivity index (χ3v) is 12.3. The molecule has 0 bridgehead atoms. The number of hydrogen-bond acceptors (Lipinski definition) is 2. The predicted octanol–water partition coefficient (Wildman–Crippen LogP) is 15.5. The van der Waals surface area contributed by atoms with Crippen molar-refractivity contribution in [3.05, 3.63) is 205 Å². The zero-order chi connectivity index (χ0) is 48.3. The molecule has 0 saturated heterocycles. The minimum Gasteiger partial charge on any atom is -0.310 e. The Morgan fingerprint density at radius 3 is 1.18 bits per heavy atom. The summed E-state index contributed by atoms with van der Waals surface area (Å²) in [5.74, 6) is 0. The highest BCUT2D eigenvalue weighted by Crippen LogP contribution is 2.51. The van der Waals surface area contributed by atoms with Crippen molar-refractivity contribution < 1.29 is 13.7 Å². The Hall–Kier alpha value is -7.82. The van der Waals surface area contributed by atoms with E-state index in [0.717, 1.165) is 87.3 Å². The van der Waals surface area contributed by atoms with E-state index in [2.05, 4.69) is 57.3 Å². The number of aryl methyl sites for hydroxylation is 2. The fourth-order valence-electron chi connectivity index (χ4n) is 9.72. The molecule has 4 aromatic heterocycles. The molecule has 60 heavy (non-hydrogen) atoms. The summed E-state index contributed by atoms with van der Waals surface area (Å²) in [6.45, 7) is 3.97. The molecule has 0 aliphatic rings. The summed E-state index contributed by atoms with van der Waals surface area (Å²) in [7, 11) is 0. The van der Waals surface area contributed by atoms with E-state index < -0.39 is 36.3 Å². The van der Waals surface area contributed by atoms with Gasteiger partial charge in [-0.1, -0.05) is 120 Å². The SMILES string of the molecule is [2H]c1c([2H])c([2H])c(N(c2ccc(C)cc2)c2ccc3c4cc5c(cc4n4c6ccccc6c2c34)c2ccc(N(c3ccc(C)cc3)c3c([2H])c([2H])c([2H])c([2H])c3[2H])c3c4ccccc4n5c23)c([2H])c1[2H]. The molecule has 282 valence electrons. The maximum Gasteiger partial charge on any atom is 0.0645 e. The van der Waals surface area contributed by atoms with Gasteiger partial charge in [-0.15, -0.1) is 0 Å². The lowest BCUT2D eigenvalue weighted by Gasteiger charge is -2.26. The smallest absolute Gasteiger partial charge is 0.0645 e. The van der Waals surface area contributed by atoms with Crippen molar-refractivity contribution in [3.63, 3.8) is 0 Å². The van der Waals surface area contributed by atoms with Gasteiger partial charge < -0.3 is 18.6 Å². The first-order valence-electron chi connectivity index (χ1n) is 25.0. The Balaban J connectivity index is 1.13. The Bertz CT molecular complexity index is 4050. The quantitative estimate of drug-likeness (QED) is 0.167. The van der Waals surface area contributed by atoms with Crippen molar-refractivity contribution in [2.45, 2.75) is 13.8 Å². The molecule has 13 rings (SSSR count). The first-order chi connectivity index (χ1) is 33.8. The van der Waals surface area contributed by atoms with Crippen LogP contribution in [0.4, 0.5) is 34.1 Å². The molecule has 13 aromatic rings. The summed E-state index contributed by atoms with van der Waals surface area (Å²) in [6.07, 6.45) is 0. The van der Waals surface area contributed by atoms with E-state index in [4.69, 9.17) is 8.22 Å². The molecule has 4 nitrogen and oxygen atoms in total. The topological polar surface area (TPSA) is 15.3 Å².